The Hall–Kier alpha value is -1.49. The number of nitrogens with zero attached hydrogens (tertiary/aromatic N) is 2. The average Bonchev–Trinajstić information content (AvgIpc) is 2.04. The Morgan fingerprint density at radius 2 is 2.25 bits per heavy atom. The molecule has 0 unspecified atom stereocenters. The minimum Gasteiger partial charge on any atom is -0.384 e. The molecule has 0 bridgehead atoms. The zero-order chi connectivity index (χ0) is 8.55. The Balaban J connectivity index is 2.96. The fourth-order valence-corrected chi connectivity index (χ4v) is 1.19. The summed E-state index contributed by atoms with van der Waals surface area (Å²) < 4.78 is 0.632. The zero-order valence-electron chi connectivity index (χ0n) is 6.11. The lowest BCUT2D eigenvalue weighted by Crippen LogP contribution is -1.91. The zero-order valence-corrected chi connectivity index (χ0v) is 6.93. The second kappa shape index (κ2) is 2.53. The summed E-state index contributed by atoms with van der Waals surface area (Å²) in [6, 6.07) is 1.69. The van der Waals surface area contributed by atoms with Gasteiger partial charge in [0.2, 0.25) is 0 Å². The molecule has 60 valence electrons. The van der Waals surface area contributed by atoms with Crippen LogP contribution in [-0.2, 0) is 0 Å². The highest BCUT2D eigenvalue weighted by Gasteiger charge is 1.96. The van der Waals surface area contributed by atoms with E-state index in [1.807, 2.05) is 0 Å². The topological polar surface area (TPSA) is 67.6 Å². The number of nitrogens with one attached hydrogen (secondary N) is 1. The molecular formula is C7H6N4S. The number of hydrogen-bond donors (Lipinski definition) is 2. The standard InChI is InChI=1S/C7H6N4S/c8-6-1-5-4(2-9-6)7(12)11-3-10-5/h1-3H,(H2,8,9)(H,10,11,12). The van der Waals surface area contributed by atoms with E-state index in [4.69, 9.17) is 18.0 Å². The van der Waals surface area contributed by atoms with Crippen LogP contribution in [0.25, 0.3) is 10.9 Å². The van der Waals surface area contributed by atoms with Crippen molar-refractivity contribution in [1.82, 2.24) is 15.0 Å². The molecule has 0 fully saturated rings. The number of fused-ring (bicyclic) bond motifs is 1. The van der Waals surface area contributed by atoms with Gasteiger partial charge < -0.3 is 10.7 Å². The van der Waals surface area contributed by atoms with Crippen LogP contribution in [0.3, 0.4) is 0 Å². The number of aromatic nitrogens is 3. The van der Waals surface area contributed by atoms with Gasteiger partial charge in [0.1, 0.15) is 10.5 Å². The fourth-order valence-electron chi connectivity index (χ4n) is 0.980. The molecule has 2 aromatic heterocycles. The third-order valence-corrected chi connectivity index (χ3v) is 1.88. The third kappa shape index (κ3) is 1.04. The number of anilines is 1. The van der Waals surface area contributed by atoms with Crippen LogP contribution in [0.15, 0.2) is 18.6 Å². The predicted molar refractivity (Wildman–Crippen MR) is 49.1 cm³/mol. The molecule has 0 saturated heterocycles. The minimum atomic E-state index is 0.454. The molecule has 0 aliphatic heterocycles. The summed E-state index contributed by atoms with van der Waals surface area (Å²) in [5, 5.41) is 0.821. The number of pyridine rings is 1. The molecular weight excluding hydrogens is 172 g/mol. The normalized spacial score (nSPS) is 10.3. The van der Waals surface area contributed by atoms with E-state index in [1.165, 1.54) is 0 Å². The summed E-state index contributed by atoms with van der Waals surface area (Å²) in [5.41, 5.74) is 6.25. The molecule has 0 spiro atoms. The van der Waals surface area contributed by atoms with Crippen molar-refractivity contribution >= 4 is 28.9 Å². The number of aromatic amines is 1. The van der Waals surface area contributed by atoms with E-state index in [1.54, 1.807) is 18.6 Å². The van der Waals surface area contributed by atoms with Crippen LogP contribution >= 0.6 is 12.2 Å². The van der Waals surface area contributed by atoms with Gasteiger partial charge in [-0.2, -0.15) is 0 Å². The third-order valence-electron chi connectivity index (χ3n) is 1.55. The monoisotopic (exact) mass is 178 g/mol. The molecule has 0 aliphatic carbocycles. The van der Waals surface area contributed by atoms with Crippen molar-refractivity contribution < 1.29 is 0 Å². The van der Waals surface area contributed by atoms with Crippen LogP contribution in [0.2, 0.25) is 0 Å². The minimum absolute atomic E-state index is 0.454. The van der Waals surface area contributed by atoms with Crippen molar-refractivity contribution in [3.05, 3.63) is 23.2 Å². The van der Waals surface area contributed by atoms with E-state index in [2.05, 4.69) is 15.0 Å². The first-order valence-electron chi connectivity index (χ1n) is 3.36. The van der Waals surface area contributed by atoms with Gasteiger partial charge in [0.15, 0.2) is 0 Å². The lowest BCUT2D eigenvalue weighted by atomic mass is 10.3. The fraction of sp³-hybridized carbons (Fsp3) is 0. The summed E-state index contributed by atoms with van der Waals surface area (Å²) in [4.78, 5) is 10.8. The Bertz CT molecular complexity index is 476. The molecule has 2 heterocycles. The van der Waals surface area contributed by atoms with E-state index in [-0.39, 0.29) is 0 Å². The number of nitrogen functional groups attached to an aromatic ring is 1. The van der Waals surface area contributed by atoms with Crippen LogP contribution in [0.1, 0.15) is 0 Å². The predicted octanol–water partition coefficient (Wildman–Crippen LogP) is 1.27. The second-order valence-corrected chi connectivity index (χ2v) is 2.77. The Labute approximate surface area is 73.5 Å². The maximum Gasteiger partial charge on any atom is 0.125 e. The number of nitrogens with two attached hydrogens (primary N) is 1. The molecule has 0 aliphatic rings. The lowest BCUT2D eigenvalue weighted by Gasteiger charge is -1.96. The molecule has 2 rings (SSSR count). The van der Waals surface area contributed by atoms with E-state index in [0.717, 1.165) is 10.9 Å². The summed E-state index contributed by atoms with van der Waals surface area (Å²) in [7, 11) is 0. The van der Waals surface area contributed by atoms with Gasteiger partial charge in [-0.05, 0) is 0 Å². The second-order valence-electron chi connectivity index (χ2n) is 2.36. The van der Waals surface area contributed by atoms with Crippen molar-refractivity contribution in [2.75, 3.05) is 5.73 Å². The van der Waals surface area contributed by atoms with Crippen molar-refractivity contribution in [3.8, 4) is 0 Å². The largest absolute Gasteiger partial charge is 0.384 e. The molecule has 0 atom stereocenters. The van der Waals surface area contributed by atoms with Crippen molar-refractivity contribution in [3.63, 3.8) is 0 Å². The van der Waals surface area contributed by atoms with E-state index >= 15 is 0 Å². The average molecular weight is 178 g/mol. The molecule has 12 heavy (non-hydrogen) atoms. The van der Waals surface area contributed by atoms with Crippen LogP contribution < -0.4 is 5.73 Å². The van der Waals surface area contributed by atoms with Crippen LogP contribution in [0.4, 0.5) is 5.82 Å². The lowest BCUT2D eigenvalue weighted by molar-refractivity contribution is 1.19. The molecule has 4 nitrogen and oxygen atoms in total. The summed E-state index contributed by atoms with van der Waals surface area (Å²) in [6.45, 7) is 0. The molecule has 0 aromatic carbocycles. The first-order chi connectivity index (χ1) is 5.77. The highest BCUT2D eigenvalue weighted by atomic mass is 32.1. The molecule has 3 N–H and O–H groups in total. The number of hydrogen-bond acceptors (Lipinski definition) is 4. The Kier molecular flexibility index (Phi) is 1.51. The Morgan fingerprint density at radius 3 is 3.08 bits per heavy atom. The highest BCUT2D eigenvalue weighted by molar-refractivity contribution is 7.71. The van der Waals surface area contributed by atoms with Crippen LogP contribution in [0.5, 0.6) is 0 Å². The van der Waals surface area contributed by atoms with Crippen molar-refractivity contribution in [1.29, 1.82) is 0 Å². The molecule has 0 radical (unpaired) electrons. The maximum absolute atomic E-state index is 5.48. The van der Waals surface area contributed by atoms with Gasteiger partial charge in [0.25, 0.3) is 0 Å². The van der Waals surface area contributed by atoms with Crippen molar-refractivity contribution in [2.24, 2.45) is 0 Å². The van der Waals surface area contributed by atoms with Gasteiger partial charge in [-0.3, -0.25) is 0 Å². The maximum atomic E-state index is 5.48. The SMILES string of the molecule is Nc1cc2nc[nH]c(=S)c2cn1. The first-order valence-corrected chi connectivity index (χ1v) is 3.77. The van der Waals surface area contributed by atoms with Gasteiger partial charge in [-0.1, -0.05) is 12.2 Å². The summed E-state index contributed by atoms with van der Waals surface area (Å²) >= 11 is 5.02. The van der Waals surface area contributed by atoms with Crippen molar-refractivity contribution in [2.45, 2.75) is 0 Å². The summed E-state index contributed by atoms with van der Waals surface area (Å²) in [5.74, 6) is 0.454. The van der Waals surface area contributed by atoms with Crippen LogP contribution in [0, 0.1) is 4.64 Å². The molecule has 2 aromatic rings. The van der Waals surface area contributed by atoms with E-state index < -0.39 is 0 Å². The van der Waals surface area contributed by atoms with Gasteiger partial charge in [-0.15, -0.1) is 0 Å². The Morgan fingerprint density at radius 1 is 1.42 bits per heavy atom. The van der Waals surface area contributed by atoms with E-state index in [9.17, 15) is 0 Å². The van der Waals surface area contributed by atoms with E-state index in [0.29, 0.717) is 10.5 Å². The molecule has 0 amide bonds. The van der Waals surface area contributed by atoms with Gasteiger partial charge >= 0.3 is 0 Å². The number of H-pyrrole nitrogens is 1. The molecule has 5 heteroatoms. The first kappa shape index (κ1) is 7.17. The van der Waals surface area contributed by atoms with Gasteiger partial charge in [0.05, 0.1) is 17.2 Å². The van der Waals surface area contributed by atoms with Crippen LogP contribution in [-0.4, -0.2) is 15.0 Å². The summed E-state index contributed by atoms with van der Waals surface area (Å²) in [6.07, 6.45) is 3.17. The van der Waals surface area contributed by atoms with Gasteiger partial charge in [-0.25, -0.2) is 9.97 Å². The number of rotatable bonds is 0. The quantitative estimate of drug-likeness (QED) is 0.596. The van der Waals surface area contributed by atoms with Gasteiger partial charge in [0, 0.05) is 12.3 Å². The smallest absolute Gasteiger partial charge is 0.125 e. The molecule has 0 saturated carbocycles. The highest BCUT2D eigenvalue weighted by Crippen LogP contribution is 2.11.